The molecule has 0 unspecified atom stereocenters. The van der Waals surface area contributed by atoms with E-state index in [-0.39, 0.29) is 18.1 Å². The second-order valence-corrected chi connectivity index (χ2v) is 5.65. The van der Waals surface area contributed by atoms with Gasteiger partial charge in [0.15, 0.2) is 6.61 Å². The standard InChI is InChI=1S/C15H20N2O2S/c1-2-15(8-3-9-15)17-13(18)10-19-12-6-4-11(5-7-12)14(16)20/h4-7H,2-3,8-10H2,1H3,(H2,16,20)(H,17,18). The van der Waals surface area contributed by atoms with Crippen molar-refractivity contribution in [3.05, 3.63) is 29.8 Å². The SMILES string of the molecule is CCC1(NC(=O)COc2ccc(C(N)=S)cc2)CCC1. The summed E-state index contributed by atoms with van der Waals surface area (Å²) in [6, 6.07) is 7.10. The van der Waals surface area contributed by atoms with Crippen LogP contribution in [0.4, 0.5) is 0 Å². The fourth-order valence-corrected chi connectivity index (χ4v) is 2.50. The van der Waals surface area contributed by atoms with E-state index in [1.807, 2.05) is 0 Å². The Kier molecular flexibility index (Phi) is 4.60. The zero-order valence-corrected chi connectivity index (χ0v) is 12.5. The lowest BCUT2D eigenvalue weighted by Crippen LogP contribution is -2.54. The van der Waals surface area contributed by atoms with Gasteiger partial charge in [0.1, 0.15) is 10.7 Å². The monoisotopic (exact) mass is 292 g/mol. The van der Waals surface area contributed by atoms with Crippen LogP contribution in [0.2, 0.25) is 0 Å². The molecular weight excluding hydrogens is 272 g/mol. The molecule has 0 aromatic heterocycles. The summed E-state index contributed by atoms with van der Waals surface area (Å²) < 4.78 is 5.47. The van der Waals surface area contributed by atoms with Crippen molar-refractivity contribution >= 4 is 23.1 Å². The molecule has 2 rings (SSSR count). The van der Waals surface area contributed by atoms with Crippen LogP contribution in [-0.2, 0) is 4.79 Å². The number of benzene rings is 1. The molecule has 1 fully saturated rings. The Hall–Kier alpha value is -1.62. The quantitative estimate of drug-likeness (QED) is 0.789. The van der Waals surface area contributed by atoms with Crippen LogP contribution >= 0.6 is 12.2 Å². The van der Waals surface area contributed by atoms with Crippen LogP contribution in [0.1, 0.15) is 38.2 Å². The predicted octanol–water partition coefficient (Wildman–Crippen LogP) is 2.15. The van der Waals surface area contributed by atoms with Crippen molar-refractivity contribution in [3.63, 3.8) is 0 Å². The summed E-state index contributed by atoms with van der Waals surface area (Å²) in [6.07, 6.45) is 4.30. The van der Waals surface area contributed by atoms with Crippen LogP contribution in [0, 0.1) is 0 Å². The largest absolute Gasteiger partial charge is 0.484 e. The Morgan fingerprint density at radius 2 is 2.05 bits per heavy atom. The van der Waals surface area contributed by atoms with Crippen molar-refractivity contribution in [2.24, 2.45) is 5.73 Å². The van der Waals surface area contributed by atoms with E-state index in [1.54, 1.807) is 24.3 Å². The third-order valence-electron chi connectivity index (χ3n) is 3.90. The van der Waals surface area contributed by atoms with Crippen LogP contribution in [0.3, 0.4) is 0 Å². The average Bonchev–Trinajstić information content (AvgIpc) is 2.41. The number of amides is 1. The minimum atomic E-state index is -0.0648. The van der Waals surface area contributed by atoms with Crippen LogP contribution < -0.4 is 15.8 Å². The lowest BCUT2D eigenvalue weighted by atomic mass is 9.75. The van der Waals surface area contributed by atoms with Crippen molar-refractivity contribution in [2.45, 2.75) is 38.1 Å². The predicted molar refractivity (Wildman–Crippen MR) is 82.8 cm³/mol. The summed E-state index contributed by atoms with van der Waals surface area (Å²) in [5.41, 5.74) is 6.32. The molecule has 1 saturated carbocycles. The van der Waals surface area contributed by atoms with E-state index in [9.17, 15) is 4.79 Å². The van der Waals surface area contributed by atoms with Crippen LogP contribution in [0.5, 0.6) is 5.75 Å². The highest BCUT2D eigenvalue weighted by Gasteiger charge is 2.36. The van der Waals surface area contributed by atoms with Gasteiger partial charge in [-0.15, -0.1) is 0 Å². The number of ether oxygens (including phenoxy) is 1. The lowest BCUT2D eigenvalue weighted by molar-refractivity contribution is -0.126. The molecule has 4 nitrogen and oxygen atoms in total. The fourth-order valence-electron chi connectivity index (χ4n) is 2.37. The Labute approximate surface area is 124 Å². The minimum absolute atomic E-state index is 0.00996. The van der Waals surface area contributed by atoms with Gasteiger partial charge in [-0.05, 0) is 49.9 Å². The topological polar surface area (TPSA) is 64.3 Å². The molecule has 0 spiro atoms. The minimum Gasteiger partial charge on any atom is -0.484 e. The molecule has 0 atom stereocenters. The van der Waals surface area contributed by atoms with E-state index in [0.717, 1.165) is 24.8 Å². The summed E-state index contributed by atoms with van der Waals surface area (Å²) in [6.45, 7) is 2.14. The molecule has 0 radical (unpaired) electrons. The second kappa shape index (κ2) is 6.22. The average molecular weight is 292 g/mol. The first-order valence-electron chi connectivity index (χ1n) is 6.88. The Morgan fingerprint density at radius 3 is 2.50 bits per heavy atom. The van der Waals surface area contributed by atoms with E-state index < -0.39 is 0 Å². The molecule has 0 saturated heterocycles. The number of carbonyl (C=O) groups is 1. The first kappa shape index (κ1) is 14.8. The van der Waals surface area contributed by atoms with Crippen LogP contribution in [0.15, 0.2) is 24.3 Å². The van der Waals surface area contributed by atoms with Crippen LogP contribution in [-0.4, -0.2) is 23.0 Å². The maximum Gasteiger partial charge on any atom is 0.258 e. The highest BCUT2D eigenvalue weighted by atomic mass is 32.1. The van der Waals surface area contributed by atoms with E-state index >= 15 is 0 Å². The van der Waals surface area contributed by atoms with E-state index in [0.29, 0.717) is 10.7 Å². The molecule has 0 heterocycles. The molecule has 1 aromatic rings. The van der Waals surface area contributed by atoms with Crippen molar-refractivity contribution in [2.75, 3.05) is 6.61 Å². The molecule has 5 heteroatoms. The van der Waals surface area contributed by atoms with Crippen molar-refractivity contribution in [1.29, 1.82) is 0 Å². The summed E-state index contributed by atoms with van der Waals surface area (Å²) in [5, 5.41) is 3.07. The maximum absolute atomic E-state index is 11.9. The normalized spacial score (nSPS) is 16.1. The Morgan fingerprint density at radius 1 is 1.40 bits per heavy atom. The molecule has 1 amide bonds. The van der Waals surface area contributed by atoms with Gasteiger partial charge in [0.2, 0.25) is 0 Å². The van der Waals surface area contributed by atoms with Gasteiger partial charge in [-0.25, -0.2) is 0 Å². The lowest BCUT2D eigenvalue weighted by Gasteiger charge is -2.41. The van der Waals surface area contributed by atoms with Gasteiger partial charge in [-0.2, -0.15) is 0 Å². The Balaban J connectivity index is 1.82. The number of carbonyl (C=O) groups excluding carboxylic acids is 1. The smallest absolute Gasteiger partial charge is 0.258 e. The zero-order chi connectivity index (χ0) is 14.6. The molecule has 0 aliphatic heterocycles. The second-order valence-electron chi connectivity index (χ2n) is 5.21. The highest BCUT2D eigenvalue weighted by molar-refractivity contribution is 7.80. The number of thiocarbonyl (C=S) groups is 1. The van der Waals surface area contributed by atoms with Gasteiger partial charge < -0.3 is 15.8 Å². The van der Waals surface area contributed by atoms with E-state index in [4.69, 9.17) is 22.7 Å². The third-order valence-corrected chi connectivity index (χ3v) is 4.14. The van der Waals surface area contributed by atoms with Gasteiger partial charge in [0, 0.05) is 11.1 Å². The maximum atomic E-state index is 11.9. The van der Waals surface area contributed by atoms with Crippen molar-refractivity contribution in [3.8, 4) is 5.75 Å². The van der Waals surface area contributed by atoms with Gasteiger partial charge in [0.25, 0.3) is 5.91 Å². The molecule has 1 aromatic carbocycles. The molecule has 0 bridgehead atoms. The Bertz CT molecular complexity index is 490. The highest BCUT2D eigenvalue weighted by Crippen LogP contribution is 2.34. The summed E-state index contributed by atoms with van der Waals surface area (Å²) in [4.78, 5) is 12.2. The third kappa shape index (κ3) is 3.48. The van der Waals surface area contributed by atoms with E-state index in [1.165, 1.54) is 6.42 Å². The summed E-state index contributed by atoms with van der Waals surface area (Å²) in [7, 11) is 0. The van der Waals surface area contributed by atoms with Gasteiger partial charge in [-0.1, -0.05) is 19.1 Å². The molecular formula is C15H20N2O2S. The van der Waals surface area contributed by atoms with Gasteiger partial charge >= 0.3 is 0 Å². The molecule has 1 aliphatic carbocycles. The summed E-state index contributed by atoms with van der Waals surface area (Å²) in [5.74, 6) is 0.573. The molecule has 3 N–H and O–H groups in total. The number of hydrogen-bond acceptors (Lipinski definition) is 3. The van der Waals surface area contributed by atoms with E-state index in [2.05, 4.69) is 12.2 Å². The summed E-state index contributed by atoms with van der Waals surface area (Å²) >= 11 is 4.88. The van der Waals surface area contributed by atoms with Gasteiger partial charge in [-0.3, -0.25) is 4.79 Å². The van der Waals surface area contributed by atoms with Crippen molar-refractivity contribution < 1.29 is 9.53 Å². The van der Waals surface area contributed by atoms with Crippen molar-refractivity contribution in [1.82, 2.24) is 5.32 Å². The zero-order valence-electron chi connectivity index (χ0n) is 11.6. The van der Waals surface area contributed by atoms with Crippen LogP contribution in [0.25, 0.3) is 0 Å². The first-order chi connectivity index (χ1) is 9.54. The van der Waals surface area contributed by atoms with Gasteiger partial charge in [0.05, 0.1) is 0 Å². The fraction of sp³-hybridized carbons (Fsp3) is 0.467. The molecule has 108 valence electrons. The number of nitrogens with one attached hydrogen (secondary N) is 1. The number of nitrogens with two attached hydrogens (primary N) is 1. The molecule has 1 aliphatic rings. The molecule has 20 heavy (non-hydrogen) atoms. The first-order valence-corrected chi connectivity index (χ1v) is 7.29. The number of hydrogen-bond donors (Lipinski definition) is 2. The number of rotatable bonds is 6.